The van der Waals surface area contributed by atoms with Crippen LogP contribution in [0.15, 0.2) is 62.8 Å². The number of carbonyl (C=O) groups is 3. The second-order valence-corrected chi connectivity index (χ2v) is 11.3. The van der Waals surface area contributed by atoms with E-state index in [1.807, 2.05) is 24.3 Å². The zero-order valence-corrected chi connectivity index (χ0v) is 22.4. The number of non-ortho nitro benzene ring substituents is 1. The van der Waals surface area contributed by atoms with Crippen LogP contribution >= 0.6 is 39.0 Å². The minimum atomic E-state index is -0.855. The fraction of sp³-hybridized carbons (Fsp3) is 0.250. The van der Waals surface area contributed by atoms with E-state index in [0.717, 1.165) is 38.0 Å². The Bertz CT molecular complexity index is 1480. The molecule has 0 radical (unpaired) electrons. The first-order chi connectivity index (χ1) is 17.7. The van der Waals surface area contributed by atoms with Crippen molar-refractivity contribution >= 4 is 68.2 Å². The fourth-order valence-corrected chi connectivity index (χ4v) is 7.64. The normalized spacial score (nSPS) is 20.5. The Hall–Kier alpha value is -3.29. The van der Waals surface area contributed by atoms with Crippen LogP contribution in [0.3, 0.4) is 0 Å². The number of carbonyl (C=O) groups excluding carboxylic acids is 3. The number of thioether (sulfide) groups is 1. The number of hydrogen-bond donors (Lipinski definition) is 0. The van der Waals surface area contributed by atoms with Gasteiger partial charge in [0, 0.05) is 27.4 Å². The van der Waals surface area contributed by atoms with Crippen LogP contribution in [0.2, 0.25) is 0 Å². The number of anilines is 1. The smallest absolute Gasteiger partial charge is 0.326 e. The molecule has 2 aromatic carbocycles. The van der Waals surface area contributed by atoms with E-state index in [1.54, 1.807) is 6.92 Å². The van der Waals surface area contributed by atoms with Crippen LogP contribution in [-0.4, -0.2) is 39.1 Å². The van der Waals surface area contributed by atoms with E-state index in [0.29, 0.717) is 9.90 Å². The number of imide groups is 1. The first-order valence-corrected chi connectivity index (χ1v) is 13.6. The number of rotatable bonds is 6. The molecule has 1 saturated heterocycles. The molecule has 13 heteroatoms. The highest BCUT2D eigenvalue weighted by molar-refractivity contribution is 9.10. The highest BCUT2D eigenvalue weighted by atomic mass is 79.9. The van der Waals surface area contributed by atoms with Crippen LogP contribution in [0.1, 0.15) is 23.3 Å². The molecule has 10 nitrogen and oxygen atoms in total. The van der Waals surface area contributed by atoms with Gasteiger partial charge in [-0.15, -0.1) is 0 Å². The van der Waals surface area contributed by atoms with Crippen LogP contribution in [-0.2, 0) is 25.7 Å². The van der Waals surface area contributed by atoms with Gasteiger partial charge in [0.15, 0.2) is 0 Å². The van der Waals surface area contributed by atoms with Gasteiger partial charge in [0.05, 0.1) is 28.2 Å². The SMILES string of the molecule is CCOC(=O)Cn1c2c(sc1=O)C(c1ccc(Br)cc1)C1C(=O)N(c3ccc([N+](=O)[O-])cc3)C(=O)C1S2. The van der Waals surface area contributed by atoms with E-state index >= 15 is 0 Å². The lowest BCUT2D eigenvalue weighted by molar-refractivity contribution is -0.384. The summed E-state index contributed by atoms with van der Waals surface area (Å²) in [5.41, 5.74) is 0.820. The van der Waals surface area contributed by atoms with Crippen LogP contribution in [0.25, 0.3) is 0 Å². The third-order valence-corrected chi connectivity index (χ3v) is 9.32. The van der Waals surface area contributed by atoms with E-state index in [2.05, 4.69) is 15.9 Å². The van der Waals surface area contributed by atoms with Crippen molar-refractivity contribution in [3.05, 3.63) is 83.2 Å². The molecule has 5 rings (SSSR count). The number of aromatic nitrogens is 1. The standard InChI is InChI=1S/C24H18BrN3O7S2/c1-2-35-16(29)11-26-23-20(37-24(26)32)17(12-3-5-13(25)6-4-12)18-19(36-23)22(31)27(21(18)30)14-7-9-15(10-8-14)28(33)34/h3-10,17-19H,2,11H2,1H3. The summed E-state index contributed by atoms with van der Waals surface area (Å²) < 4.78 is 7.16. The second kappa shape index (κ2) is 9.88. The number of esters is 1. The molecule has 0 spiro atoms. The summed E-state index contributed by atoms with van der Waals surface area (Å²) in [4.78, 5) is 64.4. The zero-order chi connectivity index (χ0) is 26.4. The molecule has 190 valence electrons. The van der Waals surface area contributed by atoms with Gasteiger partial charge in [-0.3, -0.25) is 33.9 Å². The molecule has 2 aliphatic rings. The first-order valence-electron chi connectivity index (χ1n) is 11.1. The molecule has 3 atom stereocenters. The molecule has 3 aromatic rings. The van der Waals surface area contributed by atoms with Crippen LogP contribution in [0, 0.1) is 16.0 Å². The predicted molar refractivity (Wildman–Crippen MR) is 140 cm³/mol. The van der Waals surface area contributed by atoms with E-state index in [4.69, 9.17) is 4.74 Å². The van der Waals surface area contributed by atoms with Gasteiger partial charge in [-0.1, -0.05) is 51.2 Å². The van der Waals surface area contributed by atoms with Gasteiger partial charge in [0.1, 0.15) is 11.8 Å². The number of halogens is 1. The summed E-state index contributed by atoms with van der Waals surface area (Å²) in [7, 11) is 0. The third kappa shape index (κ3) is 4.40. The summed E-state index contributed by atoms with van der Waals surface area (Å²) in [6.07, 6.45) is 0. The predicted octanol–water partition coefficient (Wildman–Crippen LogP) is 3.94. The van der Waals surface area contributed by atoms with Crippen molar-refractivity contribution in [2.24, 2.45) is 5.92 Å². The molecule has 3 unspecified atom stereocenters. The minimum Gasteiger partial charge on any atom is -0.465 e. The van der Waals surface area contributed by atoms with Gasteiger partial charge in [-0.25, -0.2) is 4.90 Å². The van der Waals surface area contributed by atoms with E-state index in [-0.39, 0.29) is 29.4 Å². The number of nitrogens with zero attached hydrogens (tertiary/aromatic N) is 3. The number of nitro benzene ring substituents is 1. The average molecular weight is 604 g/mol. The summed E-state index contributed by atoms with van der Waals surface area (Å²) in [6.45, 7) is 1.53. The van der Waals surface area contributed by atoms with Gasteiger partial charge in [0.2, 0.25) is 11.8 Å². The Labute approximate surface area is 226 Å². The number of ether oxygens (including phenoxy) is 1. The number of amides is 2. The van der Waals surface area contributed by atoms with Crippen molar-refractivity contribution in [1.82, 2.24) is 4.57 Å². The largest absolute Gasteiger partial charge is 0.465 e. The molecule has 0 N–H and O–H groups in total. The molecule has 0 saturated carbocycles. The molecule has 1 fully saturated rings. The number of benzene rings is 2. The van der Waals surface area contributed by atoms with Crippen molar-refractivity contribution in [2.75, 3.05) is 11.5 Å². The molecule has 37 heavy (non-hydrogen) atoms. The lowest BCUT2D eigenvalue weighted by atomic mass is 9.83. The highest BCUT2D eigenvalue weighted by Gasteiger charge is 2.56. The highest BCUT2D eigenvalue weighted by Crippen LogP contribution is 2.54. The second-order valence-electron chi connectivity index (χ2n) is 8.31. The monoisotopic (exact) mass is 603 g/mol. The Balaban J connectivity index is 1.61. The third-order valence-electron chi connectivity index (χ3n) is 6.19. The van der Waals surface area contributed by atoms with E-state index in [9.17, 15) is 29.3 Å². The number of fused-ring (bicyclic) bond motifs is 2. The van der Waals surface area contributed by atoms with Crippen LogP contribution in [0.5, 0.6) is 0 Å². The Kier molecular flexibility index (Phi) is 6.77. The molecule has 0 bridgehead atoms. The van der Waals surface area contributed by atoms with E-state index < -0.39 is 39.8 Å². The first kappa shape index (κ1) is 25.4. The molecular weight excluding hydrogens is 586 g/mol. The van der Waals surface area contributed by atoms with Crippen molar-refractivity contribution in [2.45, 2.75) is 29.7 Å². The van der Waals surface area contributed by atoms with Gasteiger partial charge in [0.25, 0.3) is 5.69 Å². The summed E-state index contributed by atoms with van der Waals surface area (Å²) in [5, 5.41) is 10.7. The minimum absolute atomic E-state index is 0.160. The van der Waals surface area contributed by atoms with E-state index in [1.165, 1.54) is 28.8 Å². The Morgan fingerprint density at radius 1 is 1.08 bits per heavy atom. The quantitative estimate of drug-likeness (QED) is 0.179. The molecule has 2 amide bonds. The van der Waals surface area contributed by atoms with Crippen molar-refractivity contribution in [1.29, 1.82) is 0 Å². The number of hydrogen-bond acceptors (Lipinski definition) is 9. The van der Waals surface area contributed by atoms with Crippen molar-refractivity contribution in [3.8, 4) is 0 Å². The Morgan fingerprint density at radius 3 is 2.38 bits per heavy atom. The Morgan fingerprint density at radius 2 is 1.76 bits per heavy atom. The lowest BCUT2D eigenvalue weighted by Crippen LogP contribution is -2.32. The summed E-state index contributed by atoms with van der Waals surface area (Å²) in [6, 6.07) is 12.5. The maximum absolute atomic E-state index is 13.8. The number of nitro groups is 1. The molecule has 2 aliphatic heterocycles. The lowest BCUT2D eigenvalue weighted by Gasteiger charge is -2.30. The van der Waals surface area contributed by atoms with Gasteiger partial charge < -0.3 is 4.74 Å². The van der Waals surface area contributed by atoms with Gasteiger partial charge >= 0.3 is 10.8 Å². The van der Waals surface area contributed by atoms with Gasteiger partial charge in [-0.2, -0.15) is 0 Å². The number of thiazole rings is 1. The average Bonchev–Trinajstić information content (AvgIpc) is 3.31. The maximum atomic E-state index is 13.8. The molecular formula is C24H18BrN3O7S2. The summed E-state index contributed by atoms with van der Waals surface area (Å²) >= 11 is 5.45. The van der Waals surface area contributed by atoms with Gasteiger partial charge in [-0.05, 0) is 36.8 Å². The maximum Gasteiger partial charge on any atom is 0.326 e. The molecule has 3 heterocycles. The van der Waals surface area contributed by atoms with Crippen LogP contribution in [0.4, 0.5) is 11.4 Å². The molecule has 0 aliphatic carbocycles. The van der Waals surface area contributed by atoms with Crippen molar-refractivity contribution in [3.63, 3.8) is 0 Å². The zero-order valence-electron chi connectivity index (χ0n) is 19.2. The molecule has 1 aromatic heterocycles. The van der Waals surface area contributed by atoms with Crippen molar-refractivity contribution < 1.29 is 24.0 Å². The summed E-state index contributed by atoms with van der Waals surface area (Å²) in [5.74, 6) is -2.92. The van der Waals surface area contributed by atoms with Crippen LogP contribution < -0.4 is 9.77 Å². The fourth-order valence-electron chi connectivity index (χ4n) is 4.60. The topological polar surface area (TPSA) is 129 Å².